The normalized spacial score (nSPS) is 14.8. The molecule has 2 heterocycles. The molecule has 0 saturated heterocycles. The molecule has 1 N–H and O–H groups in total. The Balaban J connectivity index is 1.49. The Morgan fingerprint density at radius 1 is 1.27 bits per heavy atom. The second-order valence-electron chi connectivity index (χ2n) is 6.71. The van der Waals surface area contributed by atoms with E-state index in [2.05, 4.69) is 20.4 Å². The first-order valence-electron chi connectivity index (χ1n) is 8.78. The van der Waals surface area contributed by atoms with Crippen LogP contribution >= 0.6 is 0 Å². The van der Waals surface area contributed by atoms with Gasteiger partial charge < -0.3 is 9.84 Å². The van der Waals surface area contributed by atoms with Crippen LogP contribution in [0.1, 0.15) is 59.2 Å². The highest BCUT2D eigenvalue weighted by atomic mass is 16.5. The summed E-state index contributed by atoms with van der Waals surface area (Å²) in [5, 5.41) is 6.97. The molecule has 1 saturated carbocycles. The summed E-state index contributed by atoms with van der Waals surface area (Å²) in [6.45, 7) is 3.74. The highest BCUT2D eigenvalue weighted by Crippen LogP contribution is 2.39. The minimum absolute atomic E-state index is 0.157. The fourth-order valence-electron chi connectivity index (χ4n) is 2.88. The second-order valence-corrected chi connectivity index (χ2v) is 6.71. The van der Waals surface area contributed by atoms with E-state index >= 15 is 0 Å². The molecule has 1 aliphatic carbocycles. The number of pyridine rings is 1. The van der Waals surface area contributed by atoms with Crippen LogP contribution in [0.5, 0.6) is 0 Å². The maximum absolute atomic E-state index is 12.4. The highest BCUT2D eigenvalue weighted by molar-refractivity contribution is 5.95. The fourth-order valence-corrected chi connectivity index (χ4v) is 2.88. The van der Waals surface area contributed by atoms with Crippen molar-refractivity contribution in [3.63, 3.8) is 0 Å². The third-order valence-electron chi connectivity index (χ3n) is 4.58. The van der Waals surface area contributed by atoms with Crippen molar-refractivity contribution in [1.29, 1.82) is 0 Å². The van der Waals surface area contributed by atoms with Crippen LogP contribution in [0, 0.1) is 6.92 Å². The lowest BCUT2D eigenvalue weighted by molar-refractivity contribution is 0.0932. The predicted molar refractivity (Wildman–Crippen MR) is 96.6 cm³/mol. The van der Waals surface area contributed by atoms with Gasteiger partial charge in [0.2, 0.25) is 11.7 Å². The molecule has 2 aromatic heterocycles. The van der Waals surface area contributed by atoms with Crippen LogP contribution in [0.2, 0.25) is 0 Å². The second kappa shape index (κ2) is 6.71. The van der Waals surface area contributed by atoms with Crippen molar-refractivity contribution in [3.8, 4) is 11.4 Å². The van der Waals surface area contributed by atoms with E-state index in [1.807, 2.05) is 44.2 Å². The zero-order valence-corrected chi connectivity index (χ0v) is 14.8. The summed E-state index contributed by atoms with van der Waals surface area (Å²) in [4.78, 5) is 21.3. The molecule has 1 amide bonds. The summed E-state index contributed by atoms with van der Waals surface area (Å²) in [7, 11) is 0. The maximum atomic E-state index is 12.4. The molecule has 0 bridgehead atoms. The molecule has 3 aromatic rings. The number of rotatable bonds is 5. The first-order chi connectivity index (χ1) is 12.6. The van der Waals surface area contributed by atoms with Gasteiger partial charge in [0.05, 0.1) is 0 Å². The van der Waals surface area contributed by atoms with Crippen molar-refractivity contribution in [2.24, 2.45) is 0 Å². The molecule has 4 rings (SSSR count). The first-order valence-corrected chi connectivity index (χ1v) is 8.78. The van der Waals surface area contributed by atoms with Crippen molar-refractivity contribution in [2.45, 2.75) is 38.6 Å². The van der Waals surface area contributed by atoms with Crippen molar-refractivity contribution < 1.29 is 9.32 Å². The van der Waals surface area contributed by atoms with Crippen LogP contribution in [0.25, 0.3) is 11.4 Å². The lowest BCUT2D eigenvalue weighted by Crippen LogP contribution is -2.27. The van der Waals surface area contributed by atoms with Crippen LogP contribution < -0.4 is 5.32 Å². The molecule has 1 fully saturated rings. The van der Waals surface area contributed by atoms with E-state index in [0.29, 0.717) is 23.2 Å². The Hall–Kier alpha value is -3.02. The van der Waals surface area contributed by atoms with E-state index in [1.54, 1.807) is 12.3 Å². The lowest BCUT2D eigenvalue weighted by atomic mass is 10.1. The third kappa shape index (κ3) is 3.35. The van der Waals surface area contributed by atoms with Gasteiger partial charge in [-0.25, -0.2) is 0 Å². The summed E-state index contributed by atoms with van der Waals surface area (Å²) >= 11 is 0. The Kier molecular flexibility index (Phi) is 4.24. The first kappa shape index (κ1) is 16.4. The smallest absolute Gasteiger partial charge is 0.252 e. The van der Waals surface area contributed by atoms with Gasteiger partial charge in [-0.3, -0.25) is 9.78 Å². The molecule has 0 radical (unpaired) electrons. The topological polar surface area (TPSA) is 80.9 Å². The van der Waals surface area contributed by atoms with Gasteiger partial charge in [-0.1, -0.05) is 23.4 Å². The van der Waals surface area contributed by atoms with Gasteiger partial charge >= 0.3 is 0 Å². The number of carbonyl (C=O) groups is 1. The predicted octanol–water partition coefficient (Wildman–Crippen LogP) is 3.81. The van der Waals surface area contributed by atoms with Gasteiger partial charge in [-0.2, -0.15) is 4.98 Å². The van der Waals surface area contributed by atoms with E-state index < -0.39 is 0 Å². The number of carbonyl (C=O) groups excluding carboxylic acids is 1. The standard InChI is InChI=1S/C20H20N4O2/c1-12-5-3-4-6-16(12)19(25)22-13(2)20-23-18(24-26-20)15-9-10-21-17(11-15)14-7-8-14/h3-6,9-11,13-14H,7-8H2,1-2H3,(H,22,25). The number of nitrogens with zero attached hydrogens (tertiary/aromatic N) is 3. The Labute approximate surface area is 151 Å². The van der Waals surface area contributed by atoms with Crippen molar-refractivity contribution in [2.75, 3.05) is 0 Å². The molecule has 132 valence electrons. The minimum Gasteiger partial charge on any atom is -0.341 e. The zero-order valence-electron chi connectivity index (χ0n) is 14.8. The minimum atomic E-state index is -0.381. The van der Waals surface area contributed by atoms with Crippen molar-refractivity contribution >= 4 is 5.91 Å². The van der Waals surface area contributed by atoms with Crippen molar-refractivity contribution in [1.82, 2.24) is 20.4 Å². The molecule has 1 atom stereocenters. The third-order valence-corrected chi connectivity index (χ3v) is 4.58. The van der Waals surface area contributed by atoms with Gasteiger partial charge in [0.25, 0.3) is 5.91 Å². The molecular formula is C20H20N4O2. The van der Waals surface area contributed by atoms with Crippen LogP contribution in [0.3, 0.4) is 0 Å². The largest absolute Gasteiger partial charge is 0.341 e. The average Bonchev–Trinajstić information content (AvgIpc) is 3.38. The van der Waals surface area contributed by atoms with E-state index in [4.69, 9.17) is 4.52 Å². The summed E-state index contributed by atoms with van der Waals surface area (Å²) in [6, 6.07) is 11.0. The number of hydrogen-bond acceptors (Lipinski definition) is 5. The van der Waals surface area contributed by atoms with E-state index in [9.17, 15) is 4.79 Å². The summed E-state index contributed by atoms with van der Waals surface area (Å²) < 4.78 is 5.37. The molecular weight excluding hydrogens is 328 g/mol. The number of amides is 1. The molecule has 26 heavy (non-hydrogen) atoms. The Morgan fingerprint density at radius 2 is 2.08 bits per heavy atom. The van der Waals surface area contributed by atoms with Gasteiger partial charge in [0, 0.05) is 28.9 Å². The van der Waals surface area contributed by atoms with Crippen LogP contribution in [-0.2, 0) is 0 Å². The molecule has 0 spiro atoms. The quantitative estimate of drug-likeness (QED) is 0.758. The van der Waals surface area contributed by atoms with Gasteiger partial charge in [-0.05, 0) is 50.5 Å². The Morgan fingerprint density at radius 3 is 2.85 bits per heavy atom. The zero-order chi connectivity index (χ0) is 18.1. The molecule has 1 unspecified atom stereocenters. The van der Waals surface area contributed by atoms with Gasteiger partial charge in [-0.15, -0.1) is 0 Å². The number of aromatic nitrogens is 3. The molecule has 6 nitrogen and oxygen atoms in total. The van der Waals surface area contributed by atoms with Gasteiger partial charge in [0.1, 0.15) is 6.04 Å². The molecule has 1 aliphatic rings. The van der Waals surface area contributed by atoms with E-state index in [0.717, 1.165) is 16.8 Å². The fraction of sp³-hybridized carbons (Fsp3) is 0.300. The molecule has 0 aliphatic heterocycles. The Bertz CT molecular complexity index is 946. The lowest BCUT2D eigenvalue weighted by Gasteiger charge is -2.11. The number of benzene rings is 1. The molecule has 1 aromatic carbocycles. The SMILES string of the molecule is Cc1ccccc1C(=O)NC(C)c1nc(-c2ccnc(C3CC3)c2)no1. The summed E-state index contributed by atoms with van der Waals surface area (Å²) in [5.41, 5.74) is 3.53. The van der Waals surface area contributed by atoms with E-state index in [-0.39, 0.29) is 11.9 Å². The van der Waals surface area contributed by atoms with Gasteiger partial charge in [0.15, 0.2) is 0 Å². The van der Waals surface area contributed by atoms with Crippen LogP contribution in [0.4, 0.5) is 0 Å². The summed E-state index contributed by atoms with van der Waals surface area (Å²) in [6.07, 6.45) is 4.16. The van der Waals surface area contributed by atoms with E-state index in [1.165, 1.54) is 12.8 Å². The van der Waals surface area contributed by atoms with Crippen molar-refractivity contribution in [3.05, 3.63) is 65.3 Å². The highest BCUT2D eigenvalue weighted by Gasteiger charge is 2.26. The average molecular weight is 348 g/mol. The summed E-state index contributed by atoms with van der Waals surface area (Å²) in [5.74, 6) is 1.30. The van der Waals surface area contributed by atoms with Crippen LogP contribution in [-0.4, -0.2) is 21.0 Å². The molecule has 6 heteroatoms. The van der Waals surface area contributed by atoms with Crippen LogP contribution in [0.15, 0.2) is 47.1 Å². The maximum Gasteiger partial charge on any atom is 0.252 e. The number of hydrogen-bond donors (Lipinski definition) is 1. The number of nitrogens with one attached hydrogen (secondary N) is 1. The number of aryl methyl sites for hydroxylation is 1. The monoisotopic (exact) mass is 348 g/mol.